The van der Waals surface area contributed by atoms with E-state index in [0.29, 0.717) is 17.4 Å². The van der Waals surface area contributed by atoms with E-state index in [9.17, 15) is 24.0 Å². The maximum absolute atomic E-state index is 13.0. The highest BCUT2D eigenvalue weighted by molar-refractivity contribution is 6.08. The van der Waals surface area contributed by atoms with Gasteiger partial charge in [0.2, 0.25) is 11.8 Å². The molecule has 2 saturated carbocycles. The minimum absolute atomic E-state index is 0.0824. The molecule has 36 heavy (non-hydrogen) atoms. The molecule has 6 unspecified atom stereocenters. The summed E-state index contributed by atoms with van der Waals surface area (Å²) in [6.45, 7) is -1.01. The Hall–Kier alpha value is -4.07. The van der Waals surface area contributed by atoms with Crippen LogP contribution in [-0.4, -0.2) is 47.6 Å². The maximum Gasteiger partial charge on any atom is 0.343 e. The lowest BCUT2D eigenvalue weighted by atomic mass is 9.63. The number of hydrogen-bond acceptors (Lipinski definition) is 7. The molecule has 1 saturated heterocycles. The minimum Gasteiger partial charge on any atom is -0.456 e. The third-order valence-corrected chi connectivity index (χ3v) is 7.80. The summed E-state index contributed by atoms with van der Waals surface area (Å²) in [5.74, 6) is -1.75. The Balaban J connectivity index is 1.02. The molecule has 8 nitrogen and oxygen atoms in total. The van der Waals surface area contributed by atoms with Crippen molar-refractivity contribution in [2.75, 3.05) is 13.2 Å². The molecular weight excluding hydrogens is 462 g/mol. The highest BCUT2D eigenvalue weighted by Gasteiger charge is 2.67. The molecule has 2 amide bonds. The van der Waals surface area contributed by atoms with Crippen LogP contribution < -0.4 is 4.74 Å². The lowest BCUT2D eigenvalue weighted by Crippen LogP contribution is -2.40. The molecule has 5 aliphatic rings. The van der Waals surface area contributed by atoms with E-state index in [1.165, 1.54) is 24.3 Å². The molecular formula is C28H23NO7. The number of Topliss-reactive ketones (excluding diaryl/α,β-unsaturated/α-hetero) is 1. The monoisotopic (exact) mass is 485 g/mol. The first kappa shape index (κ1) is 22.4. The SMILES string of the molecule is O=C(CN1C(=O)C2C3C=CC(C4CC34)C2C1=O)OCC(=O)c1ccc(OC(=O)c2ccccc2)cc1. The van der Waals surface area contributed by atoms with Crippen molar-refractivity contribution in [1.82, 2.24) is 4.90 Å². The van der Waals surface area contributed by atoms with Gasteiger partial charge >= 0.3 is 11.9 Å². The molecule has 2 aromatic carbocycles. The van der Waals surface area contributed by atoms with Crippen molar-refractivity contribution in [3.63, 3.8) is 0 Å². The Morgan fingerprint density at radius 2 is 1.42 bits per heavy atom. The van der Waals surface area contributed by atoms with Crippen molar-refractivity contribution < 1.29 is 33.4 Å². The first-order valence-electron chi connectivity index (χ1n) is 12.0. The van der Waals surface area contributed by atoms with E-state index >= 15 is 0 Å². The first-order chi connectivity index (χ1) is 17.4. The molecule has 0 aromatic heterocycles. The molecule has 1 heterocycles. The zero-order valence-corrected chi connectivity index (χ0v) is 19.2. The number of hydrogen-bond donors (Lipinski definition) is 0. The number of rotatable bonds is 7. The maximum atomic E-state index is 13.0. The molecule has 4 aliphatic carbocycles. The van der Waals surface area contributed by atoms with Crippen LogP contribution in [0.25, 0.3) is 0 Å². The van der Waals surface area contributed by atoms with Crippen LogP contribution in [0.4, 0.5) is 0 Å². The van der Waals surface area contributed by atoms with E-state index in [1.807, 2.05) is 0 Å². The number of carbonyl (C=O) groups excluding carboxylic acids is 5. The Kier molecular flexibility index (Phi) is 5.32. The van der Waals surface area contributed by atoms with Crippen LogP contribution in [0.5, 0.6) is 5.75 Å². The molecule has 7 rings (SSSR count). The number of esters is 2. The highest BCUT2D eigenvalue weighted by Crippen LogP contribution is 2.65. The van der Waals surface area contributed by atoms with Crippen LogP contribution in [0.1, 0.15) is 27.1 Å². The summed E-state index contributed by atoms with van der Waals surface area (Å²) in [6, 6.07) is 14.4. The Labute approximate surface area is 206 Å². The van der Waals surface area contributed by atoms with E-state index in [2.05, 4.69) is 12.2 Å². The van der Waals surface area contributed by atoms with E-state index < -0.39 is 30.9 Å². The molecule has 2 bridgehead atoms. The van der Waals surface area contributed by atoms with Crippen molar-refractivity contribution in [3.05, 3.63) is 77.9 Å². The summed E-state index contributed by atoms with van der Waals surface area (Å²) in [7, 11) is 0. The number of carbonyl (C=O) groups is 5. The van der Waals surface area contributed by atoms with E-state index in [1.54, 1.807) is 30.3 Å². The van der Waals surface area contributed by atoms with Crippen molar-refractivity contribution in [1.29, 1.82) is 0 Å². The van der Waals surface area contributed by atoms with Gasteiger partial charge in [-0.25, -0.2) is 4.79 Å². The van der Waals surface area contributed by atoms with Gasteiger partial charge in [-0.2, -0.15) is 0 Å². The molecule has 1 aliphatic heterocycles. The number of amides is 2. The zero-order chi connectivity index (χ0) is 25.0. The smallest absolute Gasteiger partial charge is 0.343 e. The minimum atomic E-state index is -0.803. The molecule has 3 fully saturated rings. The summed E-state index contributed by atoms with van der Waals surface area (Å²) in [6.07, 6.45) is 5.20. The van der Waals surface area contributed by atoms with E-state index in [-0.39, 0.29) is 46.8 Å². The number of likely N-dealkylation sites (tertiary alicyclic amines) is 1. The summed E-state index contributed by atoms with van der Waals surface area (Å²) in [5.41, 5.74) is 0.669. The Bertz CT molecular complexity index is 1260. The fourth-order valence-electron chi connectivity index (χ4n) is 6.03. The van der Waals surface area contributed by atoms with E-state index in [4.69, 9.17) is 9.47 Å². The molecule has 8 heteroatoms. The molecule has 0 radical (unpaired) electrons. The predicted molar refractivity (Wildman–Crippen MR) is 125 cm³/mol. The lowest BCUT2D eigenvalue weighted by molar-refractivity contribution is -0.152. The van der Waals surface area contributed by atoms with Gasteiger partial charge in [0.15, 0.2) is 12.4 Å². The number of benzene rings is 2. The first-order valence-corrected chi connectivity index (χ1v) is 12.0. The number of ether oxygens (including phenoxy) is 2. The number of imide groups is 1. The van der Waals surface area contributed by atoms with Crippen LogP contribution in [0.2, 0.25) is 0 Å². The van der Waals surface area contributed by atoms with Gasteiger partial charge in [0.25, 0.3) is 0 Å². The molecule has 0 N–H and O–H groups in total. The van der Waals surface area contributed by atoms with Crippen LogP contribution in [0.3, 0.4) is 0 Å². The van der Waals surface area contributed by atoms with Crippen molar-refractivity contribution in [2.24, 2.45) is 35.5 Å². The fraction of sp³-hybridized carbons (Fsp3) is 0.321. The number of nitrogens with zero attached hydrogens (tertiary/aromatic N) is 1. The van der Waals surface area contributed by atoms with Gasteiger partial charge in [-0.05, 0) is 66.5 Å². The van der Waals surface area contributed by atoms with Crippen molar-refractivity contribution >= 4 is 29.5 Å². The van der Waals surface area contributed by atoms with Crippen LogP contribution in [0.15, 0.2) is 66.7 Å². The number of allylic oxidation sites excluding steroid dienone is 2. The van der Waals surface area contributed by atoms with Gasteiger partial charge in [-0.3, -0.25) is 24.1 Å². The second-order valence-electron chi connectivity index (χ2n) is 9.78. The predicted octanol–water partition coefficient (Wildman–Crippen LogP) is 2.68. The Morgan fingerprint density at radius 1 is 0.806 bits per heavy atom. The molecule has 2 aromatic rings. The molecule has 0 spiro atoms. The lowest BCUT2D eigenvalue weighted by Gasteiger charge is -2.37. The quantitative estimate of drug-likeness (QED) is 0.195. The van der Waals surface area contributed by atoms with Crippen LogP contribution >= 0.6 is 0 Å². The van der Waals surface area contributed by atoms with Gasteiger partial charge in [0.05, 0.1) is 17.4 Å². The second kappa shape index (κ2) is 8.55. The zero-order valence-electron chi connectivity index (χ0n) is 19.2. The van der Waals surface area contributed by atoms with Crippen LogP contribution in [0, 0.1) is 35.5 Å². The van der Waals surface area contributed by atoms with Gasteiger partial charge in [0.1, 0.15) is 12.3 Å². The average Bonchev–Trinajstić information content (AvgIpc) is 3.69. The average molecular weight is 485 g/mol. The second-order valence-corrected chi connectivity index (χ2v) is 9.78. The molecule has 182 valence electrons. The third-order valence-electron chi connectivity index (χ3n) is 7.80. The standard InChI is InChI=1S/C28H23NO7/c30-22(15-6-8-17(9-7-15)36-28(34)16-4-2-1-3-5-16)14-35-23(31)13-29-26(32)24-18-10-11-19(21-12-20(18)21)25(24)27(29)33/h1-11,18-21,24-25H,12-14H2. The topological polar surface area (TPSA) is 107 Å². The Morgan fingerprint density at radius 3 is 2.03 bits per heavy atom. The summed E-state index contributed by atoms with van der Waals surface area (Å²) < 4.78 is 10.4. The van der Waals surface area contributed by atoms with Gasteiger partial charge in [-0.1, -0.05) is 30.4 Å². The normalized spacial score (nSPS) is 28.9. The summed E-state index contributed by atoms with van der Waals surface area (Å²) >= 11 is 0. The van der Waals surface area contributed by atoms with Gasteiger partial charge < -0.3 is 9.47 Å². The largest absolute Gasteiger partial charge is 0.456 e. The van der Waals surface area contributed by atoms with E-state index in [0.717, 1.165) is 11.3 Å². The summed E-state index contributed by atoms with van der Waals surface area (Å²) in [4.78, 5) is 63.9. The highest BCUT2D eigenvalue weighted by atomic mass is 16.5. The van der Waals surface area contributed by atoms with Gasteiger partial charge in [0, 0.05) is 5.56 Å². The van der Waals surface area contributed by atoms with Crippen molar-refractivity contribution in [2.45, 2.75) is 6.42 Å². The molecule has 6 atom stereocenters. The summed E-state index contributed by atoms with van der Waals surface area (Å²) in [5, 5.41) is 0. The van der Waals surface area contributed by atoms with Gasteiger partial charge in [-0.15, -0.1) is 0 Å². The van der Waals surface area contributed by atoms with Crippen LogP contribution in [-0.2, 0) is 19.1 Å². The third kappa shape index (κ3) is 3.73. The fourth-order valence-corrected chi connectivity index (χ4v) is 6.03. The number of ketones is 1. The van der Waals surface area contributed by atoms with Crippen molar-refractivity contribution in [3.8, 4) is 5.75 Å².